The van der Waals surface area contributed by atoms with Crippen LogP contribution in [0.3, 0.4) is 0 Å². The van der Waals surface area contributed by atoms with Gasteiger partial charge >= 0.3 is 0 Å². The van der Waals surface area contributed by atoms with Crippen LogP contribution < -0.4 is 0 Å². The van der Waals surface area contributed by atoms with Crippen LogP contribution in [0.1, 0.15) is 38.7 Å². The van der Waals surface area contributed by atoms with Gasteiger partial charge in [-0.2, -0.15) is 0 Å². The van der Waals surface area contributed by atoms with Crippen LogP contribution in [0.2, 0.25) is 0 Å². The molecule has 0 amide bonds. The van der Waals surface area contributed by atoms with Crippen LogP contribution in [0.25, 0.3) is 0 Å². The van der Waals surface area contributed by atoms with Gasteiger partial charge in [0.2, 0.25) is 0 Å². The normalized spacial score (nSPS) is 40.0. The Bertz CT molecular complexity index is 449. The van der Waals surface area contributed by atoms with E-state index in [-0.39, 0.29) is 6.10 Å². The molecular weight excluding hydrogens is 256 g/mol. The second-order valence-corrected chi connectivity index (χ2v) is 5.69. The topological polar surface area (TPSA) is 47.9 Å². The molecule has 20 heavy (non-hydrogen) atoms. The first kappa shape index (κ1) is 14.0. The summed E-state index contributed by atoms with van der Waals surface area (Å²) in [5, 5.41) is 10.3. The van der Waals surface area contributed by atoms with E-state index in [4.69, 9.17) is 14.2 Å². The van der Waals surface area contributed by atoms with Gasteiger partial charge in [-0.3, -0.25) is 0 Å². The van der Waals surface area contributed by atoms with Crippen molar-refractivity contribution in [1.82, 2.24) is 0 Å². The molecule has 4 heteroatoms. The van der Waals surface area contributed by atoms with Gasteiger partial charge in [0, 0.05) is 5.56 Å². The maximum absolute atomic E-state index is 10.3. The molecule has 0 aliphatic carbocycles. The van der Waals surface area contributed by atoms with Gasteiger partial charge in [-0.25, -0.2) is 0 Å². The van der Waals surface area contributed by atoms with Gasteiger partial charge in [-0.05, 0) is 13.3 Å². The third-order valence-corrected chi connectivity index (χ3v) is 4.14. The molecule has 1 N–H and O–H groups in total. The number of unbranched alkanes of at least 4 members (excludes halogenated alkanes) is 1. The number of aliphatic hydroxyl groups is 1. The molecule has 2 saturated heterocycles. The van der Waals surface area contributed by atoms with Crippen LogP contribution in [-0.2, 0) is 20.0 Å². The van der Waals surface area contributed by atoms with Gasteiger partial charge in [0.05, 0.1) is 6.10 Å². The summed E-state index contributed by atoms with van der Waals surface area (Å²) in [4.78, 5) is 0. The van der Waals surface area contributed by atoms with E-state index in [1.165, 1.54) is 0 Å². The fraction of sp³-hybridized carbons (Fsp3) is 0.625. The Morgan fingerprint density at radius 2 is 1.95 bits per heavy atom. The van der Waals surface area contributed by atoms with E-state index in [0.717, 1.165) is 24.8 Å². The number of hydrogen-bond donors (Lipinski definition) is 1. The summed E-state index contributed by atoms with van der Waals surface area (Å²) in [6.45, 7) is 4.00. The minimum atomic E-state index is -0.840. The lowest BCUT2D eigenvalue weighted by molar-refractivity contribution is -0.232. The van der Waals surface area contributed by atoms with Crippen LogP contribution in [-0.4, -0.2) is 29.7 Å². The van der Waals surface area contributed by atoms with Crippen LogP contribution >= 0.6 is 0 Å². The summed E-state index contributed by atoms with van der Waals surface area (Å²) in [6.07, 6.45) is 1.31. The lowest BCUT2D eigenvalue weighted by Gasteiger charge is -2.27. The van der Waals surface area contributed by atoms with Crippen molar-refractivity contribution in [1.29, 1.82) is 0 Å². The van der Waals surface area contributed by atoms with Crippen LogP contribution in [0, 0.1) is 0 Å². The third-order valence-electron chi connectivity index (χ3n) is 4.14. The van der Waals surface area contributed by atoms with Crippen molar-refractivity contribution in [2.45, 2.75) is 63.5 Å². The number of fused-ring (bicyclic) bond motifs is 1. The zero-order chi connectivity index (χ0) is 14.2. The predicted molar refractivity (Wildman–Crippen MR) is 73.9 cm³/mol. The lowest BCUT2D eigenvalue weighted by atomic mass is 10.1. The van der Waals surface area contributed by atoms with Crippen molar-refractivity contribution in [2.75, 3.05) is 0 Å². The van der Waals surface area contributed by atoms with Gasteiger partial charge in [-0.1, -0.05) is 50.1 Å². The Morgan fingerprint density at radius 1 is 1.20 bits per heavy atom. The predicted octanol–water partition coefficient (Wildman–Crippen LogP) is 2.55. The summed E-state index contributed by atoms with van der Waals surface area (Å²) in [7, 11) is 0. The highest BCUT2D eigenvalue weighted by atomic mass is 16.8. The second-order valence-electron chi connectivity index (χ2n) is 5.69. The molecule has 1 aromatic carbocycles. The Balaban J connectivity index is 1.71. The van der Waals surface area contributed by atoms with Crippen molar-refractivity contribution in [3.8, 4) is 0 Å². The average Bonchev–Trinajstić information content (AvgIpc) is 2.94. The molecule has 110 valence electrons. The first-order valence-corrected chi connectivity index (χ1v) is 7.39. The zero-order valence-electron chi connectivity index (χ0n) is 12.0. The summed E-state index contributed by atoms with van der Waals surface area (Å²) in [5.41, 5.74) is 0.940. The highest BCUT2D eigenvalue weighted by Gasteiger charge is 2.55. The third kappa shape index (κ3) is 2.37. The van der Waals surface area contributed by atoms with Crippen LogP contribution in [0.5, 0.6) is 0 Å². The molecule has 4 nitrogen and oxygen atoms in total. The second kappa shape index (κ2) is 5.45. The Hall–Kier alpha value is -0.940. The van der Waals surface area contributed by atoms with Crippen LogP contribution in [0.4, 0.5) is 0 Å². The smallest absolute Gasteiger partial charge is 0.195 e. The SMILES string of the molecule is CCCC[C@H]1O[C@@H]2OC(C)(c3ccccc3)O[C@@H]2[C@H]1O. The molecular formula is C16H22O4. The minimum Gasteiger partial charge on any atom is -0.387 e. The Labute approximate surface area is 119 Å². The maximum atomic E-state index is 10.3. The molecule has 2 heterocycles. The number of aliphatic hydroxyl groups excluding tert-OH is 1. The first-order valence-electron chi connectivity index (χ1n) is 7.39. The van der Waals surface area contributed by atoms with Crippen molar-refractivity contribution in [3.63, 3.8) is 0 Å². The molecule has 3 rings (SSSR count). The molecule has 2 aliphatic heterocycles. The van der Waals surface area contributed by atoms with Gasteiger partial charge < -0.3 is 19.3 Å². The molecule has 0 radical (unpaired) electrons. The van der Waals surface area contributed by atoms with Gasteiger partial charge in [0.25, 0.3) is 0 Å². The fourth-order valence-corrected chi connectivity index (χ4v) is 2.95. The highest BCUT2D eigenvalue weighted by molar-refractivity contribution is 5.21. The standard InChI is InChI=1S/C16H22O4/c1-3-4-10-12-13(17)14-15(18-12)20-16(2,19-14)11-8-6-5-7-9-11/h5-9,12-15,17H,3-4,10H2,1-2H3/t12-,13+,14-,15-,16?/m1/s1. The molecule has 2 aliphatic rings. The quantitative estimate of drug-likeness (QED) is 0.919. The highest BCUT2D eigenvalue weighted by Crippen LogP contribution is 2.43. The number of rotatable bonds is 4. The zero-order valence-corrected chi connectivity index (χ0v) is 12.0. The summed E-state index contributed by atoms with van der Waals surface area (Å²) in [6, 6.07) is 9.77. The van der Waals surface area contributed by atoms with E-state index in [2.05, 4.69) is 6.92 Å². The molecule has 2 fully saturated rings. The Morgan fingerprint density at radius 3 is 2.60 bits per heavy atom. The number of ether oxygens (including phenoxy) is 3. The van der Waals surface area contributed by atoms with Crippen molar-refractivity contribution >= 4 is 0 Å². The van der Waals surface area contributed by atoms with Gasteiger partial charge in [-0.15, -0.1) is 0 Å². The van der Waals surface area contributed by atoms with E-state index in [1.807, 2.05) is 37.3 Å². The maximum Gasteiger partial charge on any atom is 0.195 e. The molecule has 0 bridgehead atoms. The van der Waals surface area contributed by atoms with Crippen molar-refractivity contribution < 1.29 is 19.3 Å². The monoisotopic (exact) mass is 278 g/mol. The van der Waals surface area contributed by atoms with Crippen molar-refractivity contribution in [2.24, 2.45) is 0 Å². The molecule has 0 saturated carbocycles. The molecule has 1 unspecified atom stereocenters. The number of benzene rings is 1. The van der Waals surface area contributed by atoms with E-state index in [1.54, 1.807) is 0 Å². The Kier molecular flexibility index (Phi) is 3.82. The average molecular weight is 278 g/mol. The van der Waals surface area contributed by atoms with Gasteiger partial charge in [0.1, 0.15) is 12.2 Å². The van der Waals surface area contributed by atoms with Gasteiger partial charge in [0.15, 0.2) is 12.1 Å². The summed E-state index contributed by atoms with van der Waals surface area (Å²) in [5.74, 6) is -0.840. The van der Waals surface area contributed by atoms with E-state index < -0.39 is 24.3 Å². The van der Waals surface area contributed by atoms with E-state index >= 15 is 0 Å². The summed E-state index contributed by atoms with van der Waals surface area (Å²) < 4.78 is 17.7. The van der Waals surface area contributed by atoms with E-state index in [0.29, 0.717) is 0 Å². The summed E-state index contributed by atoms with van der Waals surface area (Å²) >= 11 is 0. The molecule has 0 aromatic heterocycles. The lowest BCUT2D eigenvalue weighted by Crippen LogP contribution is -2.34. The minimum absolute atomic E-state index is 0.176. The largest absolute Gasteiger partial charge is 0.387 e. The first-order chi connectivity index (χ1) is 9.64. The van der Waals surface area contributed by atoms with Crippen molar-refractivity contribution in [3.05, 3.63) is 35.9 Å². The number of hydrogen-bond acceptors (Lipinski definition) is 4. The molecule has 5 atom stereocenters. The molecule has 1 aromatic rings. The molecule has 0 spiro atoms. The van der Waals surface area contributed by atoms with Crippen LogP contribution in [0.15, 0.2) is 30.3 Å². The fourth-order valence-electron chi connectivity index (χ4n) is 2.95. The van der Waals surface area contributed by atoms with E-state index in [9.17, 15) is 5.11 Å².